The first kappa shape index (κ1) is 37.2. The zero-order chi connectivity index (χ0) is 35.9. The number of amides is 6. The number of carbonyl (C=O) groups is 6. The topological polar surface area (TPSA) is 175 Å². The predicted molar refractivity (Wildman–Crippen MR) is 187 cm³/mol. The molecule has 12 nitrogen and oxygen atoms in total. The summed E-state index contributed by atoms with van der Waals surface area (Å²) in [4.78, 5) is 81.0. The van der Waals surface area contributed by atoms with Gasteiger partial charge in [0.2, 0.25) is 0 Å². The number of hydrogen-bond acceptors (Lipinski definition) is 6. The molecule has 2 aliphatic rings. The number of nitrogens with one attached hydrogen (secondary N) is 6. The molecule has 0 aromatic heterocycles. The van der Waals surface area contributed by atoms with Crippen LogP contribution in [0.3, 0.4) is 0 Å². The van der Waals surface area contributed by atoms with Crippen molar-refractivity contribution in [1.29, 1.82) is 0 Å². The molecule has 256 valence electrons. The van der Waals surface area contributed by atoms with E-state index in [1.54, 1.807) is 48.5 Å². The van der Waals surface area contributed by atoms with Crippen molar-refractivity contribution < 1.29 is 47.3 Å². The van der Waals surface area contributed by atoms with E-state index >= 15 is 0 Å². The fraction of sp³-hybridized carbons (Fsp3) is 0.235. The van der Waals surface area contributed by atoms with Crippen LogP contribution in [0.1, 0.15) is 34.6 Å². The molecule has 2 aromatic rings. The molecule has 0 radical (unpaired) electrons. The minimum absolute atomic E-state index is 0.249. The first-order valence-electron chi connectivity index (χ1n) is 15.5. The zero-order valence-electron chi connectivity index (χ0n) is 28.1. The van der Waals surface area contributed by atoms with Crippen LogP contribution in [0.5, 0.6) is 0 Å². The average Bonchev–Trinajstić information content (AvgIpc) is 3.48. The van der Waals surface area contributed by atoms with Crippen molar-refractivity contribution in [2.45, 2.75) is 52.1 Å². The van der Waals surface area contributed by atoms with Gasteiger partial charge in [-0.3, -0.25) is 0 Å². The number of hydrogen-bond donors (Lipinski definition) is 6. The molecule has 0 saturated heterocycles. The quantitative estimate of drug-likeness (QED) is 0.113. The summed E-state index contributed by atoms with van der Waals surface area (Å²) in [5, 5.41) is 13.0. The molecule has 6 N–H and O–H groups in total. The normalized spacial score (nSPS) is 17.8. The predicted octanol–water partition coefficient (Wildman–Crippen LogP) is 2.22. The van der Waals surface area contributed by atoms with Gasteiger partial charge in [0, 0.05) is 0 Å². The van der Waals surface area contributed by atoms with Gasteiger partial charge in [0.15, 0.2) is 0 Å². The summed E-state index contributed by atoms with van der Waals surface area (Å²) in [5.41, 5.74) is 3.66. The van der Waals surface area contributed by atoms with Crippen LogP contribution >= 0.6 is 0 Å². The molecule has 2 aliphatic carbocycles. The monoisotopic (exact) mass is 782 g/mol. The van der Waals surface area contributed by atoms with E-state index in [1.165, 1.54) is 0 Å². The molecule has 0 heterocycles. The second-order valence-corrected chi connectivity index (χ2v) is 23.2. The Morgan fingerprint density at radius 2 is 0.939 bits per heavy atom. The van der Waals surface area contributed by atoms with Crippen molar-refractivity contribution in [3.05, 3.63) is 113 Å². The second kappa shape index (κ2) is 15.7. The van der Waals surface area contributed by atoms with Crippen LogP contribution in [-0.2, 0) is 37.7 Å². The Morgan fingerprint density at radius 1 is 0.592 bits per heavy atom. The number of allylic oxidation sites excluding steroid dienone is 4. The SMILES string of the molecule is CC1=[C]([Mo][C]2=C(C)C([Si](C)(C)NC(=O)c3ccccc3)=C(NC=O)C2NC=O)C(NC=O)C(NC=O)=C1[Si](C)(C)NC(=O)c1ccccc1. The molecule has 2 aromatic carbocycles. The Hall–Kier alpha value is -4.66. The van der Waals surface area contributed by atoms with Crippen LogP contribution in [0, 0.1) is 0 Å². The van der Waals surface area contributed by atoms with Crippen LogP contribution in [0.2, 0.25) is 26.2 Å². The standard InChI is InChI=1S/2C17H20N3O3Si.Mo/c2*1-12-9-14(18-10-21)15(19-11-22)16(12)24(2,3)20-17(23)13-7-5-4-6-8-13;/h2*4-8,10-11,14H,1-3H3,(H,18,21)(H,19,22)(H,20,23);. The zero-order valence-corrected chi connectivity index (χ0v) is 32.1. The third kappa shape index (κ3) is 7.82. The summed E-state index contributed by atoms with van der Waals surface area (Å²) in [6.45, 7) is 11.7. The van der Waals surface area contributed by atoms with Crippen molar-refractivity contribution in [3.63, 3.8) is 0 Å². The van der Waals surface area contributed by atoms with Crippen LogP contribution in [-0.4, -0.2) is 66.0 Å². The molecular formula is C34H40MoN6O6Si2. The fourth-order valence-electron chi connectivity index (χ4n) is 6.54. The fourth-order valence-corrected chi connectivity index (χ4v) is 15.9. The number of benzene rings is 2. The first-order valence-corrected chi connectivity index (χ1v) is 23.5. The third-order valence-electron chi connectivity index (χ3n) is 8.42. The molecule has 2 unspecified atom stereocenters. The van der Waals surface area contributed by atoms with Gasteiger partial charge in [-0.15, -0.1) is 0 Å². The molecule has 0 fully saturated rings. The van der Waals surface area contributed by atoms with Gasteiger partial charge in [-0.1, -0.05) is 0 Å². The summed E-state index contributed by atoms with van der Waals surface area (Å²) in [6.07, 6.45) is 2.27. The molecule has 49 heavy (non-hydrogen) atoms. The van der Waals surface area contributed by atoms with Gasteiger partial charge < -0.3 is 0 Å². The van der Waals surface area contributed by atoms with E-state index in [0.29, 0.717) is 48.2 Å². The van der Waals surface area contributed by atoms with E-state index in [9.17, 15) is 28.8 Å². The maximum absolute atomic E-state index is 13.3. The van der Waals surface area contributed by atoms with E-state index in [0.717, 1.165) is 29.5 Å². The van der Waals surface area contributed by atoms with E-state index < -0.39 is 47.1 Å². The number of rotatable bonds is 16. The van der Waals surface area contributed by atoms with E-state index in [-0.39, 0.29) is 11.8 Å². The van der Waals surface area contributed by atoms with E-state index in [4.69, 9.17) is 0 Å². The van der Waals surface area contributed by atoms with Crippen LogP contribution in [0.15, 0.2) is 102 Å². The van der Waals surface area contributed by atoms with Gasteiger partial charge in [-0.05, 0) is 0 Å². The van der Waals surface area contributed by atoms with Gasteiger partial charge >= 0.3 is 297 Å². The molecule has 2 atom stereocenters. The Kier molecular flexibility index (Phi) is 11.9. The first-order chi connectivity index (χ1) is 23.3. The Balaban J connectivity index is 1.80. The van der Waals surface area contributed by atoms with Gasteiger partial charge in [-0.25, -0.2) is 0 Å². The van der Waals surface area contributed by atoms with Crippen LogP contribution < -0.4 is 31.2 Å². The molecule has 0 saturated carbocycles. The summed E-state index contributed by atoms with van der Waals surface area (Å²) >= 11 is -1.44. The average molecular weight is 781 g/mol. The van der Waals surface area contributed by atoms with Crippen molar-refractivity contribution in [2.75, 3.05) is 0 Å². The summed E-state index contributed by atoms with van der Waals surface area (Å²) in [5.74, 6) is -0.499. The maximum atomic E-state index is 13.3. The Morgan fingerprint density at radius 3 is 1.24 bits per heavy atom. The number of carbonyl (C=O) groups excluding carboxylic acids is 6. The van der Waals surface area contributed by atoms with Crippen LogP contribution in [0.25, 0.3) is 0 Å². The van der Waals surface area contributed by atoms with Crippen molar-refractivity contribution in [1.82, 2.24) is 31.2 Å². The van der Waals surface area contributed by atoms with Gasteiger partial charge in [-0.2, -0.15) is 0 Å². The van der Waals surface area contributed by atoms with E-state index in [1.807, 2.05) is 52.2 Å². The Labute approximate surface area is 296 Å². The van der Waals surface area contributed by atoms with Gasteiger partial charge in [0.05, 0.1) is 0 Å². The molecular weight excluding hydrogens is 741 g/mol. The third-order valence-corrected chi connectivity index (χ3v) is 17.7. The summed E-state index contributed by atoms with van der Waals surface area (Å²) < 4.78 is 1.75. The second-order valence-electron chi connectivity index (χ2n) is 12.5. The minimum atomic E-state index is -2.85. The molecule has 15 heteroatoms. The summed E-state index contributed by atoms with van der Waals surface area (Å²) in [6, 6.07) is 16.3. The molecule has 0 spiro atoms. The molecule has 6 amide bonds. The molecule has 4 rings (SSSR count). The van der Waals surface area contributed by atoms with Crippen LogP contribution in [0.4, 0.5) is 0 Å². The molecule has 0 bridgehead atoms. The molecule has 0 aliphatic heterocycles. The van der Waals surface area contributed by atoms with Crippen molar-refractivity contribution in [3.8, 4) is 0 Å². The van der Waals surface area contributed by atoms with Gasteiger partial charge in [0.25, 0.3) is 0 Å². The summed E-state index contributed by atoms with van der Waals surface area (Å²) in [7, 11) is -5.70. The van der Waals surface area contributed by atoms with Gasteiger partial charge in [0.1, 0.15) is 0 Å². The van der Waals surface area contributed by atoms with Crippen molar-refractivity contribution in [2.24, 2.45) is 0 Å². The Bertz CT molecular complexity index is 1660. The van der Waals surface area contributed by atoms with Crippen molar-refractivity contribution >= 4 is 53.9 Å². The van der Waals surface area contributed by atoms with E-state index in [2.05, 4.69) is 31.2 Å².